The number of benzene rings is 4. The van der Waals surface area contributed by atoms with Crippen LogP contribution in [0, 0.1) is 0 Å². The average molecular weight is 708 g/mol. The normalized spacial score (nSPS) is 12.1. The molecule has 0 bridgehead atoms. The summed E-state index contributed by atoms with van der Waals surface area (Å²) in [7, 11) is -4.30. The zero-order chi connectivity index (χ0) is 32.7. The smallest absolute Gasteiger partial charge is 0.264 e. The summed E-state index contributed by atoms with van der Waals surface area (Å²) in [6, 6.07) is 24.8. The Labute approximate surface area is 283 Å². The second-order valence-electron chi connectivity index (χ2n) is 10.6. The van der Waals surface area contributed by atoms with Crippen LogP contribution in [-0.4, -0.2) is 43.8 Å². The van der Waals surface area contributed by atoms with Crippen LogP contribution >= 0.6 is 46.4 Å². The molecule has 0 fully saturated rings. The van der Waals surface area contributed by atoms with Gasteiger partial charge in [0.15, 0.2) is 0 Å². The summed E-state index contributed by atoms with van der Waals surface area (Å²) in [6.07, 6.45) is 0.174. The van der Waals surface area contributed by atoms with E-state index in [0.717, 1.165) is 9.87 Å². The van der Waals surface area contributed by atoms with Gasteiger partial charge >= 0.3 is 0 Å². The first-order valence-corrected chi connectivity index (χ1v) is 16.9. The Morgan fingerprint density at radius 3 is 2.07 bits per heavy atom. The van der Waals surface area contributed by atoms with Gasteiger partial charge in [-0.2, -0.15) is 0 Å². The molecule has 7 nitrogen and oxygen atoms in total. The van der Waals surface area contributed by atoms with E-state index in [-0.39, 0.29) is 39.6 Å². The second kappa shape index (κ2) is 15.3. The highest BCUT2D eigenvalue weighted by atomic mass is 35.5. The summed E-state index contributed by atoms with van der Waals surface area (Å²) >= 11 is 24.8. The van der Waals surface area contributed by atoms with E-state index in [1.165, 1.54) is 35.2 Å². The van der Waals surface area contributed by atoms with Crippen molar-refractivity contribution < 1.29 is 18.0 Å². The number of anilines is 1. The molecule has 1 N–H and O–H groups in total. The lowest BCUT2D eigenvalue weighted by Crippen LogP contribution is -2.54. The number of carbonyl (C=O) groups is 2. The monoisotopic (exact) mass is 705 g/mol. The van der Waals surface area contributed by atoms with Crippen molar-refractivity contribution in [1.29, 1.82) is 0 Å². The highest BCUT2D eigenvalue weighted by Gasteiger charge is 2.35. The highest BCUT2D eigenvalue weighted by molar-refractivity contribution is 7.92. The van der Waals surface area contributed by atoms with Crippen LogP contribution in [0.5, 0.6) is 0 Å². The summed E-state index contributed by atoms with van der Waals surface area (Å²) in [5.41, 5.74) is 1.59. The summed E-state index contributed by atoms with van der Waals surface area (Å²) in [4.78, 5) is 29.5. The minimum atomic E-state index is -4.30. The van der Waals surface area contributed by atoms with Gasteiger partial charge in [0, 0.05) is 29.1 Å². The summed E-state index contributed by atoms with van der Waals surface area (Å²) in [6.45, 7) is 2.96. The lowest BCUT2D eigenvalue weighted by molar-refractivity contribution is -0.140. The number of amides is 2. The maximum Gasteiger partial charge on any atom is 0.264 e. The fourth-order valence-corrected chi connectivity index (χ4v) is 6.70. The molecule has 0 heterocycles. The molecule has 2 amide bonds. The van der Waals surface area contributed by atoms with E-state index in [1.807, 2.05) is 44.2 Å². The van der Waals surface area contributed by atoms with Crippen LogP contribution in [0.15, 0.2) is 102 Å². The summed E-state index contributed by atoms with van der Waals surface area (Å²) in [5.74, 6) is -1.02. The van der Waals surface area contributed by atoms with Crippen LogP contribution in [0.3, 0.4) is 0 Å². The molecule has 1 unspecified atom stereocenters. The Hall–Kier alpha value is -3.27. The molecule has 4 aromatic carbocycles. The van der Waals surface area contributed by atoms with E-state index in [2.05, 4.69) is 5.32 Å². The number of nitrogens with one attached hydrogen (secondary N) is 1. The third-order valence-electron chi connectivity index (χ3n) is 6.82. The molecule has 0 aliphatic rings. The molecule has 4 rings (SSSR count). The maximum absolute atomic E-state index is 14.4. The fraction of sp³-hybridized carbons (Fsp3) is 0.212. The molecule has 0 spiro atoms. The zero-order valence-corrected chi connectivity index (χ0v) is 28.3. The van der Waals surface area contributed by atoms with Crippen LogP contribution in [0.1, 0.15) is 25.0 Å². The molecule has 0 aliphatic carbocycles. The Kier molecular flexibility index (Phi) is 11.8. The molecule has 0 aromatic heterocycles. The Morgan fingerprint density at radius 2 is 1.44 bits per heavy atom. The highest BCUT2D eigenvalue weighted by Crippen LogP contribution is 2.29. The van der Waals surface area contributed by atoms with Crippen molar-refractivity contribution in [3.63, 3.8) is 0 Å². The molecule has 12 heteroatoms. The molecule has 45 heavy (non-hydrogen) atoms. The van der Waals surface area contributed by atoms with E-state index in [1.54, 1.807) is 36.4 Å². The van der Waals surface area contributed by atoms with E-state index in [9.17, 15) is 18.0 Å². The van der Waals surface area contributed by atoms with Crippen LogP contribution < -0.4 is 9.62 Å². The number of rotatable bonds is 12. The van der Waals surface area contributed by atoms with Crippen LogP contribution in [0.25, 0.3) is 0 Å². The summed E-state index contributed by atoms with van der Waals surface area (Å²) < 4.78 is 29.1. The number of hydrogen-bond acceptors (Lipinski definition) is 4. The van der Waals surface area contributed by atoms with Gasteiger partial charge in [0.25, 0.3) is 10.0 Å². The Morgan fingerprint density at radius 1 is 0.756 bits per heavy atom. The lowest BCUT2D eigenvalue weighted by Gasteiger charge is -2.34. The average Bonchev–Trinajstić information content (AvgIpc) is 2.99. The second-order valence-corrected chi connectivity index (χ2v) is 14.1. The quantitative estimate of drug-likeness (QED) is 0.164. The number of carbonyl (C=O) groups excluding carboxylic acids is 2. The predicted molar refractivity (Wildman–Crippen MR) is 182 cm³/mol. The fourth-order valence-electron chi connectivity index (χ4n) is 4.66. The molecule has 236 valence electrons. The molecule has 1 atom stereocenters. The van der Waals surface area contributed by atoms with Gasteiger partial charge in [0.2, 0.25) is 11.8 Å². The standard InChI is InChI=1S/C33H31Cl4N3O4S/c1-22(2)38-33(42)31(18-23-7-4-3-5-8-23)39(20-24-11-16-29(36)30(37)17-24)32(41)21-40(27-10-6-9-26(35)19-27)45(43,44)28-14-12-25(34)13-15-28/h3-17,19,22,31H,18,20-21H2,1-2H3,(H,38,42). The minimum absolute atomic E-state index is 0.0525. The van der Waals surface area contributed by atoms with Crippen molar-refractivity contribution in [3.05, 3.63) is 128 Å². The molecule has 0 saturated heterocycles. The van der Waals surface area contributed by atoms with Crippen molar-refractivity contribution in [2.24, 2.45) is 0 Å². The third-order valence-corrected chi connectivity index (χ3v) is 9.83. The Balaban J connectivity index is 1.82. The van der Waals surface area contributed by atoms with Crippen molar-refractivity contribution >= 4 is 73.9 Å². The number of sulfonamides is 1. The van der Waals surface area contributed by atoms with Crippen LogP contribution in [0.2, 0.25) is 20.1 Å². The molecular weight excluding hydrogens is 676 g/mol. The van der Waals surface area contributed by atoms with E-state index < -0.39 is 34.4 Å². The van der Waals surface area contributed by atoms with E-state index in [0.29, 0.717) is 15.6 Å². The predicted octanol–water partition coefficient (Wildman–Crippen LogP) is 7.66. The first-order chi connectivity index (χ1) is 21.3. The molecule has 0 radical (unpaired) electrons. The van der Waals surface area contributed by atoms with Crippen molar-refractivity contribution in [2.45, 2.75) is 43.8 Å². The third kappa shape index (κ3) is 9.15. The van der Waals surface area contributed by atoms with Crippen molar-refractivity contribution in [1.82, 2.24) is 10.2 Å². The lowest BCUT2D eigenvalue weighted by atomic mass is 10.0. The molecule has 0 aliphatic heterocycles. The first kappa shape index (κ1) is 34.6. The van der Waals surface area contributed by atoms with Gasteiger partial charge in [-0.25, -0.2) is 8.42 Å². The first-order valence-electron chi connectivity index (χ1n) is 14.0. The van der Waals surface area contributed by atoms with Gasteiger partial charge in [0.05, 0.1) is 20.6 Å². The maximum atomic E-state index is 14.4. The van der Waals surface area contributed by atoms with Gasteiger partial charge in [-0.3, -0.25) is 13.9 Å². The largest absolute Gasteiger partial charge is 0.352 e. The Bertz CT molecular complexity index is 1750. The van der Waals surface area contributed by atoms with Crippen LogP contribution in [0.4, 0.5) is 5.69 Å². The van der Waals surface area contributed by atoms with E-state index >= 15 is 0 Å². The minimum Gasteiger partial charge on any atom is -0.352 e. The topological polar surface area (TPSA) is 86.8 Å². The summed E-state index contributed by atoms with van der Waals surface area (Å²) in [5, 5.41) is 4.16. The van der Waals surface area contributed by atoms with Crippen LogP contribution in [-0.2, 0) is 32.6 Å². The van der Waals surface area contributed by atoms with Crippen molar-refractivity contribution in [3.8, 4) is 0 Å². The zero-order valence-electron chi connectivity index (χ0n) is 24.5. The van der Waals surface area contributed by atoms with Gasteiger partial charge in [-0.1, -0.05) is 88.9 Å². The van der Waals surface area contributed by atoms with E-state index in [4.69, 9.17) is 46.4 Å². The number of hydrogen-bond donors (Lipinski definition) is 1. The molecule has 0 saturated carbocycles. The number of halogens is 4. The van der Waals surface area contributed by atoms with Crippen molar-refractivity contribution in [2.75, 3.05) is 10.8 Å². The number of nitrogens with zero attached hydrogens (tertiary/aromatic N) is 2. The SMILES string of the molecule is CC(C)NC(=O)C(Cc1ccccc1)N(Cc1ccc(Cl)c(Cl)c1)C(=O)CN(c1cccc(Cl)c1)S(=O)(=O)c1ccc(Cl)cc1. The van der Waals surface area contributed by atoms with Gasteiger partial charge in [-0.15, -0.1) is 0 Å². The van der Waals surface area contributed by atoms with Gasteiger partial charge in [-0.05, 0) is 79.6 Å². The van der Waals surface area contributed by atoms with Gasteiger partial charge < -0.3 is 10.2 Å². The molecular formula is C33H31Cl4N3O4S. The van der Waals surface area contributed by atoms with Gasteiger partial charge in [0.1, 0.15) is 12.6 Å². The molecule has 4 aromatic rings.